The number of aromatic amines is 1. The Kier molecular flexibility index (Phi) is 9.95. The van der Waals surface area contributed by atoms with Crippen LogP contribution in [0.2, 0.25) is 0 Å². The third-order valence-electron chi connectivity index (χ3n) is 6.53. The molecule has 4 heterocycles. The Hall–Kier alpha value is -5.81. The number of nitrogens with two attached hydrogens (primary N) is 1. The number of nitrogens with one attached hydrogen (secondary N) is 2. The van der Waals surface area contributed by atoms with Crippen LogP contribution >= 0.6 is 0 Å². The van der Waals surface area contributed by atoms with Gasteiger partial charge in [0, 0.05) is 65.1 Å². The first kappa shape index (κ1) is 30.2. The monoisotopic (exact) mass is 569 g/mol. The molecule has 0 unspecified atom stereocenters. The number of nitrogens with zero attached hydrogens (tertiary/aromatic N) is 4. The molecule has 7 nitrogen and oxygen atoms in total. The average Bonchev–Trinajstić information content (AvgIpc) is 3.39. The van der Waals surface area contributed by atoms with Gasteiger partial charge in [-0.15, -0.1) is 12.8 Å². The van der Waals surface area contributed by atoms with Gasteiger partial charge in [-0.25, -0.2) is 14.4 Å². The van der Waals surface area contributed by atoms with Crippen molar-refractivity contribution in [3.8, 4) is 24.0 Å². The number of H-pyrrole nitrogens is 1. The van der Waals surface area contributed by atoms with Gasteiger partial charge in [0.25, 0.3) is 0 Å². The van der Waals surface area contributed by atoms with E-state index >= 15 is 4.39 Å². The second-order valence-corrected chi connectivity index (χ2v) is 9.57. The first-order valence-corrected chi connectivity index (χ1v) is 13.4. The number of terminal acetylenes is 1. The van der Waals surface area contributed by atoms with Crippen molar-refractivity contribution >= 4 is 17.1 Å². The Morgan fingerprint density at radius 1 is 1.07 bits per heavy atom. The molecule has 0 saturated heterocycles. The van der Waals surface area contributed by atoms with Gasteiger partial charge >= 0.3 is 0 Å². The minimum absolute atomic E-state index is 0.104. The van der Waals surface area contributed by atoms with Gasteiger partial charge in [0.05, 0.1) is 23.3 Å². The molecule has 0 aliphatic carbocycles. The maximum Gasteiger partial charge on any atom is 0.139 e. The Balaban J connectivity index is 0.00000207. The Labute approximate surface area is 251 Å². The fourth-order valence-electron chi connectivity index (χ4n) is 4.62. The second-order valence-electron chi connectivity index (χ2n) is 9.57. The number of aryl methyl sites for hydroxylation is 1. The summed E-state index contributed by atoms with van der Waals surface area (Å²) in [7, 11) is 0. The van der Waals surface area contributed by atoms with E-state index in [2.05, 4.69) is 51.3 Å². The predicted molar refractivity (Wildman–Crippen MR) is 172 cm³/mol. The zero-order chi connectivity index (χ0) is 30.8. The number of imidazole rings is 1. The highest BCUT2D eigenvalue weighted by molar-refractivity contribution is 5.78. The van der Waals surface area contributed by atoms with E-state index in [-0.39, 0.29) is 17.8 Å². The van der Waals surface area contributed by atoms with Crippen molar-refractivity contribution in [2.24, 2.45) is 0 Å². The number of aromatic nitrogens is 5. The molecule has 0 aliphatic rings. The summed E-state index contributed by atoms with van der Waals surface area (Å²) in [6.45, 7) is 9.86. The van der Waals surface area contributed by atoms with Crippen LogP contribution in [0.25, 0.3) is 16.7 Å². The lowest BCUT2D eigenvalue weighted by atomic mass is 10.0. The number of nitrogen functional groups attached to an aromatic ring is 1. The quantitative estimate of drug-likeness (QED) is 0.125. The summed E-state index contributed by atoms with van der Waals surface area (Å²) in [5, 5.41) is 3.27. The van der Waals surface area contributed by atoms with E-state index in [1.165, 1.54) is 6.20 Å². The zero-order valence-electron chi connectivity index (χ0n) is 23.9. The summed E-state index contributed by atoms with van der Waals surface area (Å²) in [4.78, 5) is 21.1. The molecular formula is C35H32FN7. The van der Waals surface area contributed by atoms with Crippen LogP contribution in [0.3, 0.4) is 0 Å². The minimum Gasteiger partial charge on any atom is -0.383 e. The van der Waals surface area contributed by atoms with Gasteiger partial charge in [-0.1, -0.05) is 61.7 Å². The molecule has 0 radical (unpaired) electrons. The van der Waals surface area contributed by atoms with Crippen molar-refractivity contribution in [1.82, 2.24) is 24.9 Å². The average molecular weight is 570 g/mol. The number of hydrogen-bond donors (Lipinski definition) is 3. The van der Waals surface area contributed by atoms with E-state index in [1.54, 1.807) is 24.7 Å². The smallest absolute Gasteiger partial charge is 0.139 e. The third-order valence-corrected chi connectivity index (χ3v) is 6.53. The maximum atomic E-state index is 16.0. The highest BCUT2D eigenvalue weighted by Crippen LogP contribution is 2.30. The van der Waals surface area contributed by atoms with Crippen molar-refractivity contribution in [2.75, 3.05) is 11.1 Å². The molecule has 8 heteroatoms. The Morgan fingerprint density at radius 2 is 1.84 bits per heavy atom. The van der Waals surface area contributed by atoms with E-state index in [0.29, 0.717) is 34.8 Å². The number of benzene rings is 1. The van der Waals surface area contributed by atoms with Crippen molar-refractivity contribution in [2.45, 2.75) is 19.8 Å². The highest BCUT2D eigenvalue weighted by Gasteiger charge is 2.19. The molecule has 0 amide bonds. The molecule has 43 heavy (non-hydrogen) atoms. The van der Waals surface area contributed by atoms with Gasteiger partial charge in [-0.3, -0.25) is 9.97 Å². The summed E-state index contributed by atoms with van der Waals surface area (Å²) in [6.07, 6.45) is 18.8. The number of anilines is 2. The van der Waals surface area contributed by atoms with Crippen LogP contribution in [0.5, 0.6) is 0 Å². The molecule has 4 aromatic heterocycles. The minimum atomic E-state index is -0.471. The first-order valence-electron chi connectivity index (χ1n) is 13.4. The van der Waals surface area contributed by atoms with Gasteiger partial charge in [0.15, 0.2) is 0 Å². The van der Waals surface area contributed by atoms with E-state index in [1.807, 2.05) is 67.6 Å². The second kappa shape index (κ2) is 14.2. The molecular weight excluding hydrogens is 537 g/mol. The van der Waals surface area contributed by atoms with E-state index in [4.69, 9.17) is 10.7 Å². The zero-order valence-corrected chi connectivity index (χ0v) is 23.9. The van der Waals surface area contributed by atoms with Crippen molar-refractivity contribution in [3.05, 3.63) is 150 Å². The molecule has 0 saturated carbocycles. The molecule has 0 spiro atoms. The van der Waals surface area contributed by atoms with Gasteiger partial charge in [0.1, 0.15) is 17.5 Å². The molecule has 0 fully saturated rings. The molecule has 5 aromatic rings. The van der Waals surface area contributed by atoms with Crippen LogP contribution in [0, 0.1) is 25.6 Å². The van der Waals surface area contributed by atoms with Gasteiger partial charge in [-0.05, 0) is 30.7 Å². The van der Waals surface area contributed by atoms with Crippen molar-refractivity contribution < 1.29 is 4.39 Å². The molecule has 5 rings (SSSR count). The summed E-state index contributed by atoms with van der Waals surface area (Å²) in [5.41, 5.74) is 13.0. The summed E-state index contributed by atoms with van der Waals surface area (Å²) < 4.78 is 16.0. The SMILES string of the molecule is C#C.C=C/C=C(/c1ccccn1)c1nc(Cc2c(N)ncc(-c3cncc(NC(=C)Cc4ccccc4)c3)c2F)[nH]c1C. The number of pyridine rings is 3. The third kappa shape index (κ3) is 7.29. The fourth-order valence-corrected chi connectivity index (χ4v) is 4.62. The van der Waals surface area contributed by atoms with Gasteiger partial charge in [-0.2, -0.15) is 0 Å². The van der Waals surface area contributed by atoms with Gasteiger partial charge < -0.3 is 16.0 Å². The standard InChI is InChI=1S/C33H30FN7.C2H2/c1-4-10-26(29-13-8-9-14-37-29)32-22(3)40-30(41-32)17-27-31(34)28(20-38-33(27)35)24-16-25(19-36-18-24)39-21(2)15-23-11-6-5-7-12-23;1-2/h4-14,16,18-20,39H,1-2,15,17H2,3H3,(H2,35,38)(H,40,41);1-2H/b26-10-;. The predicted octanol–water partition coefficient (Wildman–Crippen LogP) is 6.92. The van der Waals surface area contributed by atoms with Crippen molar-refractivity contribution in [1.29, 1.82) is 0 Å². The Bertz CT molecular complexity index is 1770. The van der Waals surface area contributed by atoms with Crippen LogP contribution in [0.4, 0.5) is 15.9 Å². The van der Waals surface area contributed by atoms with Gasteiger partial charge in [0.2, 0.25) is 0 Å². The lowest BCUT2D eigenvalue weighted by Crippen LogP contribution is -2.06. The van der Waals surface area contributed by atoms with Crippen LogP contribution in [0.15, 0.2) is 110 Å². The Morgan fingerprint density at radius 3 is 2.56 bits per heavy atom. The fraction of sp³-hybridized carbons (Fsp3) is 0.0857. The summed E-state index contributed by atoms with van der Waals surface area (Å²) in [6, 6.07) is 17.5. The lowest BCUT2D eigenvalue weighted by Gasteiger charge is -2.13. The van der Waals surface area contributed by atoms with E-state index in [0.717, 1.165) is 28.2 Å². The van der Waals surface area contributed by atoms with Crippen LogP contribution in [-0.4, -0.2) is 24.9 Å². The number of rotatable bonds is 10. The summed E-state index contributed by atoms with van der Waals surface area (Å²) >= 11 is 0. The van der Waals surface area contributed by atoms with E-state index in [9.17, 15) is 0 Å². The van der Waals surface area contributed by atoms with Crippen molar-refractivity contribution in [3.63, 3.8) is 0 Å². The molecule has 0 bridgehead atoms. The molecule has 0 atom stereocenters. The molecule has 214 valence electrons. The first-order chi connectivity index (χ1) is 20.9. The largest absolute Gasteiger partial charge is 0.383 e. The van der Waals surface area contributed by atoms with Crippen LogP contribution < -0.4 is 11.1 Å². The molecule has 0 aliphatic heterocycles. The number of halogens is 1. The number of hydrogen-bond acceptors (Lipinski definition) is 6. The number of allylic oxidation sites excluding steroid dienone is 3. The summed E-state index contributed by atoms with van der Waals surface area (Å²) in [5.74, 6) is 0.187. The van der Waals surface area contributed by atoms with Crippen LogP contribution in [0.1, 0.15) is 34.0 Å². The topological polar surface area (TPSA) is 105 Å². The highest BCUT2D eigenvalue weighted by atomic mass is 19.1. The van der Waals surface area contributed by atoms with E-state index < -0.39 is 5.82 Å². The molecule has 1 aromatic carbocycles. The maximum absolute atomic E-state index is 16.0. The lowest BCUT2D eigenvalue weighted by molar-refractivity contribution is 0.614. The molecule has 4 N–H and O–H groups in total. The van der Waals surface area contributed by atoms with Crippen LogP contribution in [-0.2, 0) is 12.8 Å². The normalized spacial score (nSPS) is 10.8.